The van der Waals surface area contributed by atoms with Gasteiger partial charge in [0, 0.05) is 25.0 Å². The predicted molar refractivity (Wildman–Crippen MR) is 72.7 cm³/mol. The number of hydrogen-bond acceptors (Lipinski definition) is 3. The molecule has 2 N–H and O–H groups in total. The number of nitrogens with zero attached hydrogens (tertiary/aromatic N) is 1. The van der Waals surface area contributed by atoms with Gasteiger partial charge in [-0.1, -0.05) is 13.3 Å². The maximum absolute atomic E-state index is 11.7. The SMILES string of the molecule is CCNC(=O)c1cc(NCC2(C)CCC2)ccn1. The van der Waals surface area contributed by atoms with Crippen molar-refractivity contribution in [3.63, 3.8) is 0 Å². The van der Waals surface area contributed by atoms with Crippen LogP contribution in [0, 0.1) is 5.41 Å². The van der Waals surface area contributed by atoms with Gasteiger partial charge >= 0.3 is 0 Å². The molecular weight excluding hydrogens is 226 g/mol. The van der Waals surface area contributed by atoms with Crippen LogP contribution in [-0.4, -0.2) is 24.0 Å². The molecule has 1 heterocycles. The van der Waals surface area contributed by atoms with Gasteiger partial charge in [0.05, 0.1) is 0 Å². The molecular formula is C14H21N3O. The molecule has 0 saturated heterocycles. The Morgan fingerprint density at radius 2 is 2.28 bits per heavy atom. The van der Waals surface area contributed by atoms with Gasteiger partial charge in [0.25, 0.3) is 5.91 Å². The van der Waals surface area contributed by atoms with Crippen LogP contribution < -0.4 is 10.6 Å². The van der Waals surface area contributed by atoms with Crippen LogP contribution in [0.2, 0.25) is 0 Å². The quantitative estimate of drug-likeness (QED) is 0.840. The molecule has 4 heteroatoms. The zero-order chi connectivity index (χ0) is 13.0. The lowest BCUT2D eigenvalue weighted by atomic mass is 9.70. The lowest BCUT2D eigenvalue weighted by Gasteiger charge is -2.38. The van der Waals surface area contributed by atoms with Crippen LogP contribution in [0.15, 0.2) is 18.3 Å². The first kappa shape index (κ1) is 12.9. The normalized spacial score (nSPS) is 16.8. The Balaban J connectivity index is 1.96. The molecule has 0 bridgehead atoms. The van der Waals surface area contributed by atoms with Gasteiger partial charge in [0.2, 0.25) is 0 Å². The molecule has 4 nitrogen and oxygen atoms in total. The lowest BCUT2D eigenvalue weighted by Crippen LogP contribution is -2.33. The van der Waals surface area contributed by atoms with Gasteiger partial charge in [-0.15, -0.1) is 0 Å². The topological polar surface area (TPSA) is 54.0 Å². The Labute approximate surface area is 108 Å². The summed E-state index contributed by atoms with van der Waals surface area (Å²) in [6.07, 6.45) is 5.58. The first-order valence-electron chi connectivity index (χ1n) is 6.61. The number of pyridine rings is 1. The van der Waals surface area contributed by atoms with Crippen molar-refractivity contribution in [1.29, 1.82) is 0 Å². The van der Waals surface area contributed by atoms with Crippen LogP contribution in [0.25, 0.3) is 0 Å². The molecule has 1 fully saturated rings. The molecule has 0 unspecified atom stereocenters. The van der Waals surface area contributed by atoms with Crippen molar-refractivity contribution in [1.82, 2.24) is 10.3 Å². The number of amides is 1. The summed E-state index contributed by atoms with van der Waals surface area (Å²) in [5.41, 5.74) is 1.87. The molecule has 0 radical (unpaired) electrons. The second-order valence-corrected chi connectivity index (χ2v) is 5.31. The van der Waals surface area contributed by atoms with Crippen LogP contribution >= 0.6 is 0 Å². The molecule has 0 atom stereocenters. The molecule has 98 valence electrons. The summed E-state index contributed by atoms with van der Waals surface area (Å²) in [5, 5.41) is 6.16. The highest BCUT2D eigenvalue weighted by Gasteiger charge is 2.31. The first-order chi connectivity index (χ1) is 8.63. The van der Waals surface area contributed by atoms with Crippen LogP contribution in [-0.2, 0) is 0 Å². The Bertz CT molecular complexity index is 427. The fourth-order valence-corrected chi connectivity index (χ4v) is 2.19. The Morgan fingerprint density at radius 3 is 2.89 bits per heavy atom. The summed E-state index contributed by atoms with van der Waals surface area (Å²) in [6, 6.07) is 3.72. The van der Waals surface area contributed by atoms with E-state index in [4.69, 9.17) is 0 Å². The second kappa shape index (κ2) is 5.38. The van der Waals surface area contributed by atoms with Gasteiger partial charge < -0.3 is 10.6 Å². The second-order valence-electron chi connectivity index (χ2n) is 5.31. The van der Waals surface area contributed by atoms with Gasteiger partial charge in [-0.2, -0.15) is 0 Å². The largest absolute Gasteiger partial charge is 0.384 e. The summed E-state index contributed by atoms with van der Waals surface area (Å²) < 4.78 is 0. The molecule has 0 aromatic carbocycles. The zero-order valence-corrected chi connectivity index (χ0v) is 11.1. The molecule has 18 heavy (non-hydrogen) atoms. The molecule has 1 aromatic rings. The smallest absolute Gasteiger partial charge is 0.269 e. The fraction of sp³-hybridized carbons (Fsp3) is 0.571. The van der Waals surface area contributed by atoms with Gasteiger partial charge in [0.15, 0.2) is 0 Å². The van der Waals surface area contributed by atoms with Crippen molar-refractivity contribution in [2.45, 2.75) is 33.1 Å². The number of rotatable bonds is 5. The van der Waals surface area contributed by atoms with E-state index in [1.807, 2.05) is 19.1 Å². The maximum atomic E-state index is 11.7. The summed E-state index contributed by atoms with van der Waals surface area (Å²) >= 11 is 0. The number of nitrogens with one attached hydrogen (secondary N) is 2. The van der Waals surface area contributed by atoms with E-state index >= 15 is 0 Å². The van der Waals surface area contributed by atoms with E-state index in [1.54, 1.807) is 6.20 Å². The minimum atomic E-state index is -0.115. The molecule has 1 aliphatic carbocycles. The van der Waals surface area contributed by atoms with Crippen molar-refractivity contribution in [2.24, 2.45) is 5.41 Å². The Hall–Kier alpha value is -1.58. The van der Waals surface area contributed by atoms with Crippen LogP contribution in [0.4, 0.5) is 5.69 Å². The monoisotopic (exact) mass is 247 g/mol. The van der Waals surface area contributed by atoms with Crippen LogP contribution in [0.3, 0.4) is 0 Å². The molecule has 0 spiro atoms. The van der Waals surface area contributed by atoms with Gasteiger partial charge in [-0.3, -0.25) is 9.78 Å². The molecule has 0 aliphatic heterocycles. The number of carbonyl (C=O) groups is 1. The third-order valence-electron chi connectivity index (χ3n) is 3.61. The minimum Gasteiger partial charge on any atom is -0.384 e. The summed E-state index contributed by atoms with van der Waals surface area (Å²) in [4.78, 5) is 15.7. The highest BCUT2D eigenvalue weighted by molar-refractivity contribution is 5.93. The van der Waals surface area contributed by atoms with Gasteiger partial charge in [-0.25, -0.2) is 0 Å². The summed E-state index contributed by atoms with van der Waals surface area (Å²) in [5.74, 6) is -0.115. The molecule has 1 amide bonds. The number of anilines is 1. The number of carbonyl (C=O) groups excluding carboxylic acids is 1. The van der Waals surface area contributed by atoms with E-state index < -0.39 is 0 Å². The van der Waals surface area contributed by atoms with Gasteiger partial charge in [-0.05, 0) is 37.3 Å². The van der Waals surface area contributed by atoms with Crippen molar-refractivity contribution in [3.8, 4) is 0 Å². The van der Waals surface area contributed by atoms with E-state index in [0.717, 1.165) is 12.2 Å². The minimum absolute atomic E-state index is 0.115. The summed E-state index contributed by atoms with van der Waals surface area (Å²) in [6.45, 7) is 5.79. The number of aromatic nitrogens is 1. The van der Waals surface area contributed by atoms with Crippen LogP contribution in [0.5, 0.6) is 0 Å². The fourth-order valence-electron chi connectivity index (χ4n) is 2.19. The third kappa shape index (κ3) is 3.00. The van der Waals surface area contributed by atoms with E-state index in [1.165, 1.54) is 19.3 Å². The summed E-state index contributed by atoms with van der Waals surface area (Å²) in [7, 11) is 0. The zero-order valence-electron chi connectivity index (χ0n) is 11.1. The van der Waals surface area contributed by atoms with E-state index in [-0.39, 0.29) is 5.91 Å². The Kier molecular flexibility index (Phi) is 3.84. The van der Waals surface area contributed by atoms with Crippen molar-refractivity contribution >= 4 is 11.6 Å². The average Bonchev–Trinajstić information content (AvgIpc) is 2.35. The average molecular weight is 247 g/mol. The van der Waals surface area contributed by atoms with Crippen LogP contribution in [0.1, 0.15) is 43.6 Å². The molecule has 1 aromatic heterocycles. The first-order valence-corrected chi connectivity index (χ1v) is 6.61. The lowest BCUT2D eigenvalue weighted by molar-refractivity contribution is 0.0951. The van der Waals surface area contributed by atoms with E-state index in [0.29, 0.717) is 17.7 Å². The van der Waals surface area contributed by atoms with E-state index in [9.17, 15) is 4.79 Å². The van der Waals surface area contributed by atoms with E-state index in [2.05, 4.69) is 22.5 Å². The van der Waals surface area contributed by atoms with Gasteiger partial charge in [0.1, 0.15) is 5.69 Å². The third-order valence-corrected chi connectivity index (χ3v) is 3.61. The highest BCUT2D eigenvalue weighted by Crippen LogP contribution is 2.40. The number of hydrogen-bond donors (Lipinski definition) is 2. The molecule has 2 rings (SSSR count). The van der Waals surface area contributed by atoms with Crippen molar-refractivity contribution in [3.05, 3.63) is 24.0 Å². The highest BCUT2D eigenvalue weighted by atomic mass is 16.1. The van der Waals surface area contributed by atoms with Crippen molar-refractivity contribution < 1.29 is 4.79 Å². The maximum Gasteiger partial charge on any atom is 0.269 e. The predicted octanol–water partition coefficient (Wildman–Crippen LogP) is 2.43. The Morgan fingerprint density at radius 1 is 1.50 bits per heavy atom. The molecule has 1 saturated carbocycles. The van der Waals surface area contributed by atoms with Crippen molar-refractivity contribution in [2.75, 3.05) is 18.4 Å². The standard InChI is InChI=1S/C14H21N3O/c1-3-15-13(18)12-9-11(5-8-16-12)17-10-14(2)6-4-7-14/h5,8-9H,3-4,6-7,10H2,1-2H3,(H,15,18)(H,16,17). The molecule has 1 aliphatic rings.